The van der Waals surface area contributed by atoms with E-state index in [4.69, 9.17) is 4.74 Å². The highest BCUT2D eigenvalue weighted by atomic mass is 32.2. The first-order valence-corrected chi connectivity index (χ1v) is 11.6. The summed E-state index contributed by atoms with van der Waals surface area (Å²) in [4.78, 5) is 0.213. The minimum absolute atomic E-state index is 0.0752. The second-order valence-electron chi connectivity index (χ2n) is 7.11. The standard InChI is InChI=1S/C22H22FN5O3S/c1-2-3-16-4-10-19(11-5-16)32(29,30)24-14-15-31-21-13-12-20-25-26-22(28(20)27-21)17-6-8-18(23)9-7-17/h4-13,24H,2-3,14-15H2,1H3. The molecule has 0 fully saturated rings. The van der Waals surface area contributed by atoms with Crippen LogP contribution in [-0.4, -0.2) is 41.4 Å². The molecule has 2 heterocycles. The fourth-order valence-electron chi connectivity index (χ4n) is 3.17. The number of hydrogen-bond acceptors (Lipinski definition) is 6. The van der Waals surface area contributed by atoms with E-state index in [9.17, 15) is 12.8 Å². The smallest absolute Gasteiger partial charge is 0.240 e. The van der Waals surface area contributed by atoms with Gasteiger partial charge >= 0.3 is 0 Å². The van der Waals surface area contributed by atoms with Gasteiger partial charge in [-0.25, -0.2) is 17.5 Å². The Balaban J connectivity index is 1.39. The summed E-state index contributed by atoms with van der Waals surface area (Å²) in [6, 6.07) is 16.0. The third-order valence-electron chi connectivity index (χ3n) is 4.76. The zero-order valence-electron chi connectivity index (χ0n) is 17.4. The number of halogens is 1. The van der Waals surface area contributed by atoms with Crippen molar-refractivity contribution in [3.63, 3.8) is 0 Å². The molecule has 0 saturated heterocycles. The number of nitrogens with one attached hydrogen (secondary N) is 1. The monoisotopic (exact) mass is 455 g/mol. The summed E-state index contributed by atoms with van der Waals surface area (Å²) in [6.45, 7) is 2.23. The molecule has 0 saturated carbocycles. The largest absolute Gasteiger partial charge is 0.475 e. The van der Waals surface area contributed by atoms with Gasteiger partial charge in [-0.2, -0.15) is 4.52 Å². The number of fused-ring (bicyclic) bond motifs is 1. The van der Waals surface area contributed by atoms with Crippen molar-refractivity contribution in [3.8, 4) is 17.3 Å². The van der Waals surface area contributed by atoms with Crippen LogP contribution in [0.5, 0.6) is 5.88 Å². The first-order chi connectivity index (χ1) is 15.5. The summed E-state index contributed by atoms with van der Waals surface area (Å²) in [5.41, 5.74) is 2.26. The van der Waals surface area contributed by atoms with Crippen LogP contribution in [0.25, 0.3) is 17.0 Å². The normalized spacial score (nSPS) is 11.7. The van der Waals surface area contributed by atoms with Crippen molar-refractivity contribution in [1.82, 2.24) is 24.5 Å². The number of benzene rings is 2. The van der Waals surface area contributed by atoms with Gasteiger partial charge in [0.05, 0.1) is 4.90 Å². The molecule has 0 aliphatic rings. The molecular formula is C22H22FN5O3S. The molecule has 4 aromatic rings. The number of aryl methyl sites for hydroxylation is 1. The lowest BCUT2D eigenvalue weighted by Gasteiger charge is -2.09. The Labute approximate surface area is 185 Å². The van der Waals surface area contributed by atoms with E-state index in [0.29, 0.717) is 17.0 Å². The van der Waals surface area contributed by atoms with Gasteiger partial charge in [-0.05, 0) is 54.4 Å². The highest BCUT2D eigenvalue weighted by molar-refractivity contribution is 7.89. The van der Waals surface area contributed by atoms with Crippen LogP contribution in [0.1, 0.15) is 18.9 Å². The Morgan fingerprint density at radius 1 is 1.00 bits per heavy atom. The topological polar surface area (TPSA) is 98.5 Å². The van der Waals surface area contributed by atoms with E-state index in [2.05, 4.69) is 26.9 Å². The predicted molar refractivity (Wildman–Crippen MR) is 117 cm³/mol. The molecular weight excluding hydrogens is 433 g/mol. The quantitative estimate of drug-likeness (QED) is 0.389. The fraction of sp³-hybridized carbons (Fsp3) is 0.227. The highest BCUT2D eigenvalue weighted by Crippen LogP contribution is 2.19. The number of hydrogen-bond donors (Lipinski definition) is 1. The van der Waals surface area contributed by atoms with Gasteiger partial charge in [0.1, 0.15) is 12.4 Å². The van der Waals surface area contributed by atoms with E-state index < -0.39 is 10.0 Å². The van der Waals surface area contributed by atoms with Crippen molar-refractivity contribution < 1.29 is 17.5 Å². The summed E-state index contributed by atoms with van der Waals surface area (Å²) in [6.07, 6.45) is 1.91. The van der Waals surface area contributed by atoms with Gasteiger partial charge in [-0.15, -0.1) is 15.3 Å². The molecule has 0 aliphatic heterocycles. The van der Waals surface area contributed by atoms with E-state index in [1.54, 1.807) is 36.4 Å². The lowest BCUT2D eigenvalue weighted by atomic mass is 10.1. The molecule has 10 heteroatoms. The summed E-state index contributed by atoms with van der Waals surface area (Å²) in [7, 11) is -3.62. The Morgan fingerprint density at radius 2 is 1.75 bits per heavy atom. The van der Waals surface area contributed by atoms with Crippen LogP contribution >= 0.6 is 0 Å². The molecule has 0 radical (unpaired) electrons. The summed E-state index contributed by atoms with van der Waals surface area (Å²) in [5.74, 6) is 0.375. The van der Waals surface area contributed by atoms with Crippen LogP contribution in [-0.2, 0) is 16.4 Å². The maximum atomic E-state index is 13.2. The van der Waals surface area contributed by atoms with Gasteiger partial charge in [0.2, 0.25) is 15.9 Å². The molecule has 0 spiro atoms. The van der Waals surface area contributed by atoms with Gasteiger partial charge in [-0.3, -0.25) is 0 Å². The number of aromatic nitrogens is 4. The predicted octanol–water partition coefficient (Wildman–Crippen LogP) is 3.24. The molecule has 166 valence electrons. The van der Waals surface area contributed by atoms with E-state index in [0.717, 1.165) is 18.4 Å². The lowest BCUT2D eigenvalue weighted by Crippen LogP contribution is -2.28. The molecule has 1 N–H and O–H groups in total. The van der Waals surface area contributed by atoms with Gasteiger partial charge in [0.25, 0.3) is 0 Å². The van der Waals surface area contributed by atoms with Crippen molar-refractivity contribution in [2.75, 3.05) is 13.2 Å². The fourth-order valence-corrected chi connectivity index (χ4v) is 4.18. The minimum atomic E-state index is -3.62. The van der Waals surface area contributed by atoms with Crippen LogP contribution in [0.2, 0.25) is 0 Å². The molecule has 32 heavy (non-hydrogen) atoms. The lowest BCUT2D eigenvalue weighted by molar-refractivity contribution is 0.306. The number of nitrogens with zero attached hydrogens (tertiary/aromatic N) is 4. The van der Waals surface area contributed by atoms with Crippen LogP contribution < -0.4 is 9.46 Å². The molecule has 0 amide bonds. The van der Waals surface area contributed by atoms with Crippen LogP contribution in [0, 0.1) is 5.82 Å². The van der Waals surface area contributed by atoms with Crippen molar-refractivity contribution in [2.24, 2.45) is 0 Å². The van der Waals surface area contributed by atoms with Crippen molar-refractivity contribution in [3.05, 3.63) is 72.0 Å². The Kier molecular flexibility index (Phi) is 6.42. The first-order valence-electron chi connectivity index (χ1n) is 10.2. The molecule has 2 aromatic heterocycles. The van der Waals surface area contributed by atoms with Crippen LogP contribution in [0.3, 0.4) is 0 Å². The van der Waals surface area contributed by atoms with Gasteiger partial charge in [-0.1, -0.05) is 25.5 Å². The van der Waals surface area contributed by atoms with Crippen molar-refractivity contribution >= 4 is 15.7 Å². The van der Waals surface area contributed by atoms with E-state index >= 15 is 0 Å². The third-order valence-corrected chi connectivity index (χ3v) is 6.23. The SMILES string of the molecule is CCCc1ccc(S(=O)(=O)NCCOc2ccc3nnc(-c4ccc(F)cc4)n3n2)cc1. The number of rotatable bonds is 9. The van der Waals surface area contributed by atoms with E-state index in [-0.39, 0.29) is 29.7 Å². The van der Waals surface area contributed by atoms with E-state index in [1.165, 1.54) is 16.6 Å². The van der Waals surface area contributed by atoms with Gasteiger partial charge < -0.3 is 4.74 Å². The van der Waals surface area contributed by atoms with Gasteiger partial charge in [0, 0.05) is 18.2 Å². The molecule has 0 bridgehead atoms. The Morgan fingerprint density at radius 3 is 2.47 bits per heavy atom. The summed E-state index contributed by atoms with van der Waals surface area (Å²) in [5, 5.41) is 12.5. The summed E-state index contributed by atoms with van der Waals surface area (Å²) < 4.78 is 47.7. The average Bonchev–Trinajstić information content (AvgIpc) is 3.21. The average molecular weight is 456 g/mol. The van der Waals surface area contributed by atoms with Gasteiger partial charge in [0.15, 0.2) is 11.5 Å². The zero-order chi connectivity index (χ0) is 22.6. The molecule has 4 rings (SSSR count). The van der Waals surface area contributed by atoms with Crippen LogP contribution in [0.4, 0.5) is 4.39 Å². The first kappa shape index (κ1) is 21.8. The van der Waals surface area contributed by atoms with Crippen LogP contribution in [0.15, 0.2) is 65.6 Å². The molecule has 0 unspecified atom stereocenters. The number of sulfonamides is 1. The zero-order valence-corrected chi connectivity index (χ0v) is 18.2. The highest BCUT2D eigenvalue weighted by Gasteiger charge is 2.14. The Bertz CT molecular complexity index is 1310. The number of ether oxygens (including phenoxy) is 1. The molecule has 2 aromatic carbocycles. The third kappa shape index (κ3) is 4.92. The van der Waals surface area contributed by atoms with Crippen molar-refractivity contribution in [2.45, 2.75) is 24.7 Å². The molecule has 0 aliphatic carbocycles. The maximum absolute atomic E-state index is 13.2. The van der Waals surface area contributed by atoms with E-state index in [1.807, 2.05) is 12.1 Å². The van der Waals surface area contributed by atoms with Crippen molar-refractivity contribution in [1.29, 1.82) is 0 Å². The minimum Gasteiger partial charge on any atom is -0.475 e. The maximum Gasteiger partial charge on any atom is 0.240 e. The summed E-state index contributed by atoms with van der Waals surface area (Å²) >= 11 is 0. The molecule has 8 nitrogen and oxygen atoms in total. The molecule has 0 atom stereocenters. The second kappa shape index (κ2) is 9.41. The Hall–Kier alpha value is -3.37. The second-order valence-corrected chi connectivity index (χ2v) is 8.88.